The molecule has 4 rings (SSSR count). The molecule has 0 saturated carbocycles. The predicted octanol–water partition coefficient (Wildman–Crippen LogP) is 3.73. The van der Waals surface area contributed by atoms with Crippen LogP contribution in [0.3, 0.4) is 0 Å². The highest BCUT2D eigenvalue weighted by Gasteiger charge is 2.19. The van der Waals surface area contributed by atoms with Gasteiger partial charge in [-0.2, -0.15) is 5.10 Å². The first-order valence-corrected chi connectivity index (χ1v) is 9.73. The van der Waals surface area contributed by atoms with Gasteiger partial charge in [0.1, 0.15) is 12.4 Å². The third kappa shape index (κ3) is 3.95. The molecule has 0 unspecified atom stereocenters. The summed E-state index contributed by atoms with van der Waals surface area (Å²) < 4.78 is 3.46. The number of hydrogen-bond donors (Lipinski definition) is 1. The monoisotopic (exact) mass is 422 g/mol. The summed E-state index contributed by atoms with van der Waals surface area (Å²) in [6.45, 7) is 4.10. The van der Waals surface area contributed by atoms with Crippen molar-refractivity contribution in [3.63, 3.8) is 0 Å². The fourth-order valence-electron chi connectivity index (χ4n) is 3.26. The Morgan fingerprint density at radius 2 is 2.00 bits per heavy atom. The second-order valence-electron chi connectivity index (χ2n) is 7.10. The molecule has 0 aliphatic heterocycles. The molecule has 1 N–H and O–H groups in total. The number of pyridine rings is 2. The molecule has 0 bridgehead atoms. The fraction of sp³-hybridized carbons (Fsp3) is 0.190. The lowest BCUT2D eigenvalue weighted by atomic mass is 10.0. The number of amides is 1. The minimum atomic E-state index is -0.326. The Balaban J connectivity index is 1.59. The largest absolute Gasteiger partial charge is 0.344 e. The summed E-state index contributed by atoms with van der Waals surface area (Å²) in [7, 11) is 0. The summed E-state index contributed by atoms with van der Waals surface area (Å²) in [6.07, 6.45) is 9.75. The number of carbonyl (C=O) groups is 2. The van der Waals surface area contributed by atoms with Gasteiger partial charge in [-0.25, -0.2) is 4.98 Å². The minimum absolute atomic E-state index is 0.0138. The quantitative estimate of drug-likeness (QED) is 0.478. The lowest BCUT2D eigenvalue weighted by molar-refractivity contribution is -0.116. The van der Waals surface area contributed by atoms with Crippen LogP contribution in [0.15, 0.2) is 55.4 Å². The number of halogens is 1. The van der Waals surface area contributed by atoms with Crippen molar-refractivity contribution in [2.45, 2.75) is 26.4 Å². The Hall–Kier alpha value is -3.52. The number of nitrogens with one attached hydrogen (secondary N) is 1. The van der Waals surface area contributed by atoms with Gasteiger partial charge in [-0.3, -0.25) is 19.3 Å². The van der Waals surface area contributed by atoms with Gasteiger partial charge in [0, 0.05) is 53.5 Å². The summed E-state index contributed by atoms with van der Waals surface area (Å²) in [5, 5.41) is 7.89. The summed E-state index contributed by atoms with van der Waals surface area (Å²) in [6, 6.07) is 5.27. The molecular weight excluding hydrogens is 404 g/mol. The van der Waals surface area contributed by atoms with Crippen molar-refractivity contribution < 1.29 is 9.59 Å². The van der Waals surface area contributed by atoms with E-state index in [2.05, 4.69) is 34.2 Å². The van der Waals surface area contributed by atoms with Crippen LogP contribution in [-0.4, -0.2) is 36.0 Å². The van der Waals surface area contributed by atoms with E-state index >= 15 is 0 Å². The van der Waals surface area contributed by atoms with Gasteiger partial charge in [0.15, 0.2) is 5.78 Å². The maximum absolute atomic E-state index is 13.2. The normalized spacial score (nSPS) is 11.2. The van der Waals surface area contributed by atoms with Gasteiger partial charge in [-0.05, 0) is 32.0 Å². The minimum Gasteiger partial charge on any atom is -0.344 e. The van der Waals surface area contributed by atoms with Crippen LogP contribution in [0.4, 0.5) is 5.82 Å². The Morgan fingerprint density at radius 3 is 2.73 bits per heavy atom. The molecule has 0 aliphatic carbocycles. The molecule has 0 fully saturated rings. The molecule has 4 aromatic rings. The van der Waals surface area contributed by atoms with Crippen LogP contribution in [0, 0.1) is 0 Å². The molecule has 1 amide bonds. The second-order valence-corrected chi connectivity index (χ2v) is 7.54. The summed E-state index contributed by atoms with van der Waals surface area (Å²) in [5.74, 6) is -0.202. The Bertz CT molecular complexity index is 1240. The molecule has 8 nitrogen and oxygen atoms in total. The number of ketones is 1. The maximum atomic E-state index is 13.2. The highest BCUT2D eigenvalue weighted by Crippen LogP contribution is 2.26. The van der Waals surface area contributed by atoms with E-state index in [1.165, 1.54) is 17.1 Å². The van der Waals surface area contributed by atoms with Crippen LogP contribution in [-0.2, 0) is 11.3 Å². The van der Waals surface area contributed by atoms with E-state index in [1.807, 2.05) is 16.8 Å². The van der Waals surface area contributed by atoms with Gasteiger partial charge in [0.2, 0.25) is 5.91 Å². The number of nitrogens with zero attached hydrogens (tertiary/aromatic N) is 5. The molecule has 30 heavy (non-hydrogen) atoms. The van der Waals surface area contributed by atoms with Gasteiger partial charge in [0.05, 0.1) is 16.7 Å². The highest BCUT2D eigenvalue weighted by molar-refractivity contribution is 6.30. The Labute approximate surface area is 177 Å². The number of hydrogen-bond acceptors (Lipinski definition) is 5. The molecule has 4 aromatic heterocycles. The Kier molecular flexibility index (Phi) is 5.33. The SMILES string of the molecule is CC(C)n1cc(C(=O)c2ccnc(NC(=O)Cn3cc(Cl)cn3)c2)c2cnccc21. The average Bonchev–Trinajstić information content (AvgIpc) is 3.31. The standard InChI is InChI=1S/C21H19ClN6O2/c1-13(2)28-11-17(16-9-23-5-4-18(16)28)21(30)14-3-6-24-19(7-14)26-20(29)12-27-10-15(22)8-25-27/h3-11,13H,12H2,1-2H3,(H,24,26,29). The molecule has 0 aromatic carbocycles. The van der Waals surface area contributed by atoms with E-state index in [-0.39, 0.29) is 30.1 Å². The fourth-order valence-corrected chi connectivity index (χ4v) is 3.41. The summed E-state index contributed by atoms with van der Waals surface area (Å²) in [4.78, 5) is 33.8. The lowest BCUT2D eigenvalue weighted by Crippen LogP contribution is -2.19. The summed E-state index contributed by atoms with van der Waals surface area (Å²) >= 11 is 5.81. The number of carbonyl (C=O) groups excluding carboxylic acids is 2. The zero-order valence-corrected chi connectivity index (χ0v) is 17.2. The summed E-state index contributed by atoms with van der Waals surface area (Å²) in [5.41, 5.74) is 1.93. The zero-order valence-electron chi connectivity index (χ0n) is 16.4. The van der Waals surface area contributed by atoms with Crippen molar-refractivity contribution in [1.82, 2.24) is 24.3 Å². The zero-order chi connectivity index (χ0) is 21.3. The van der Waals surface area contributed by atoms with E-state index in [9.17, 15) is 9.59 Å². The first-order valence-electron chi connectivity index (χ1n) is 9.35. The number of fused-ring (bicyclic) bond motifs is 1. The molecule has 0 radical (unpaired) electrons. The van der Waals surface area contributed by atoms with Gasteiger partial charge >= 0.3 is 0 Å². The van der Waals surface area contributed by atoms with Crippen molar-refractivity contribution >= 4 is 40.0 Å². The van der Waals surface area contributed by atoms with Gasteiger partial charge in [0.25, 0.3) is 0 Å². The van der Waals surface area contributed by atoms with Crippen LogP contribution in [0.2, 0.25) is 5.02 Å². The molecule has 9 heteroatoms. The Morgan fingerprint density at radius 1 is 1.17 bits per heavy atom. The van der Waals surface area contributed by atoms with E-state index < -0.39 is 0 Å². The molecule has 4 heterocycles. The van der Waals surface area contributed by atoms with Crippen LogP contribution >= 0.6 is 11.6 Å². The van der Waals surface area contributed by atoms with Crippen molar-refractivity contribution in [3.05, 3.63) is 71.5 Å². The maximum Gasteiger partial charge on any atom is 0.247 e. The van der Waals surface area contributed by atoms with Crippen LogP contribution < -0.4 is 5.32 Å². The molecule has 152 valence electrons. The van der Waals surface area contributed by atoms with E-state index in [0.717, 1.165) is 10.9 Å². The van der Waals surface area contributed by atoms with Crippen LogP contribution in [0.25, 0.3) is 10.9 Å². The van der Waals surface area contributed by atoms with Crippen molar-refractivity contribution in [3.8, 4) is 0 Å². The number of aromatic nitrogens is 5. The second kappa shape index (κ2) is 8.08. The van der Waals surface area contributed by atoms with E-state index in [1.54, 1.807) is 30.7 Å². The third-order valence-electron chi connectivity index (χ3n) is 4.63. The highest BCUT2D eigenvalue weighted by atomic mass is 35.5. The van der Waals surface area contributed by atoms with E-state index in [4.69, 9.17) is 11.6 Å². The third-order valence-corrected chi connectivity index (χ3v) is 4.83. The van der Waals surface area contributed by atoms with Gasteiger partial charge in [-0.15, -0.1) is 0 Å². The van der Waals surface area contributed by atoms with Crippen molar-refractivity contribution in [2.75, 3.05) is 5.32 Å². The average molecular weight is 423 g/mol. The van der Waals surface area contributed by atoms with Gasteiger partial charge < -0.3 is 9.88 Å². The van der Waals surface area contributed by atoms with Crippen molar-refractivity contribution in [1.29, 1.82) is 0 Å². The lowest BCUT2D eigenvalue weighted by Gasteiger charge is -2.08. The van der Waals surface area contributed by atoms with Crippen LogP contribution in [0.5, 0.6) is 0 Å². The first kappa shape index (κ1) is 19.8. The number of rotatable bonds is 6. The smallest absolute Gasteiger partial charge is 0.247 e. The van der Waals surface area contributed by atoms with E-state index in [0.29, 0.717) is 16.1 Å². The number of anilines is 1. The van der Waals surface area contributed by atoms with Gasteiger partial charge in [-0.1, -0.05) is 11.6 Å². The molecule has 0 aliphatic rings. The molecule has 0 atom stereocenters. The molecule has 0 spiro atoms. The molecule has 0 saturated heterocycles. The topological polar surface area (TPSA) is 94.7 Å². The first-order chi connectivity index (χ1) is 14.4. The van der Waals surface area contributed by atoms with Crippen LogP contribution in [0.1, 0.15) is 35.8 Å². The molecular formula is C21H19ClN6O2. The predicted molar refractivity (Wildman–Crippen MR) is 114 cm³/mol. The van der Waals surface area contributed by atoms with Crippen molar-refractivity contribution in [2.24, 2.45) is 0 Å².